The smallest absolute Gasteiger partial charge is 0.309 e. The third-order valence-electron chi connectivity index (χ3n) is 7.24. The monoisotopic (exact) mass is 436 g/mol. The summed E-state index contributed by atoms with van der Waals surface area (Å²) in [5, 5.41) is 15.7. The van der Waals surface area contributed by atoms with Gasteiger partial charge in [-0.1, -0.05) is 60.1 Å². The highest BCUT2D eigenvalue weighted by Crippen LogP contribution is 2.51. The summed E-state index contributed by atoms with van der Waals surface area (Å²) in [5.41, 5.74) is 4.92. The Labute approximate surface area is 192 Å². The Kier molecular flexibility index (Phi) is 4.17. The van der Waals surface area contributed by atoms with E-state index < -0.39 is 11.2 Å². The van der Waals surface area contributed by atoms with E-state index in [1.54, 1.807) is 13.8 Å². The van der Waals surface area contributed by atoms with E-state index in [0.29, 0.717) is 7.48 Å². The van der Waals surface area contributed by atoms with Crippen LogP contribution in [0.4, 0.5) is 0 Å². The number of hydrogen-bond acceptors (Lipinski definition) is 3. The van der Waals surface area contributed by atoms with E-state index in [9.17, 15) is 5.11 Å². The van der Waals surface area contributed by atoms with E-state index in [2.05, 4.69) is 66.7 Å². The van der Waals surface area contributed by atoms with Crippen molar-refractivity contribution in [3.8, 4) is 22.3 Å². The van der Waals surface area contributed by atoms with Crippen molar-refractivity contribution in [2.45, 2.75) is 38.9 Å². The molecule has 0 spiro atoms. The van der Waals surface area contributed by atoms with Crippen LogP contribution in [0.5, 0.6) is 0 Å². The molecule has 0 bridgehead atoms. The minimum atomic E-state index is -0.917. The molecule has 0 amide bonds. The van der Waals surface area contributed by atoms with Crippen molar-refractivity contribution in [1.82, 2.24) is 0 Å². The molecule has 0 saturated heterocycles. The van der Waals surface area contributed by atoms with Crippen LogP contribution < -0.4 is 5.46 Å². The first-order chi connectivity index (χ1) is 15.2. The molecular formula is C28H25BO2S. The highest BCUT2D eigenvalue weighted by molar-refractivity contribution is 7.26. The van der Waals surface area contributed by atoms with Crippen LogP contribution in [-0.2, 0) is 4.65 Å². The van der Waals surface area contributed by atoms with Crippen molar-refractivity contribution >= 4 is 55.2 Å². The highest BCUT2D eigenvalue weighted by atomic mass is 32.1. The van der Waals surface area contributed by atoms with E-state index in [0.717, 1.165) is 5.46 Å². The van der Waals surface area contributed by atoms with Crippen molar-refractivity contribution in [3.05, 3.63) is 66.7 Å². The Hall–Kier alpha value is -2.66. The molecule has 1 aliphatic rings. The average Bonchev–Trinajstić information content (AvgIpc) is 3.29. The van der Waals surface area contributed by atoms with Gasteiger partial charge in [0.2, 0.25) is 0 Å². The van der Waals surface area contributed by atoms with Gasteiger partial charge in [-0.05, 0) is 72.9 Å². The van der Waals surface area contributed by atoms with Crippen LogP contribution in [0.25, 0.3) is 53.2 Å². The minimum Gasteiger partial charge on any atom is -0.427 e. The lowest BCUT2D eigenvalue weighted by molar-refractivity contribution is -0.0893. The topological polar surface area (TPSA) is 29.5 Å². The van der Waals surface area contributed by atoms with Crippen molar-refractivity contribution in [1.29, 1.82) is 0 Å². The van der Waals surface area contributed by atoms with Crippen LogP contribution in [0.15, 0.2) is 66.7 Å². The molecule has 0 unspecified atom stereocenters. The summed E-state index contributed by atoms with van der Waals surface area (Å²) in [6.07, 6.45) is 0. The van der Waals surface area contributed by atoms with Gasteiger partial charge in [-0.15, -0.1) is 11.3 Å². The van der Waals surface area contributed by atoms with Crippen LogP contribution in [0.1, 0.15) is 27.7 Å². The fraction of sp³-hybridized carbons (Fsp3) is 0.214. The van der Waals surface area contributed by atoms with Gasteiger partial charge in [-0.2, -0.15) is 0 Å². The van der Waals surface area contributed by atoms with Crippen LogP contribution in [-0.4, -0.2) is 23.8 Å². The number of thiophene rings is 1. The molecule has 0 aliphatic heterocycles. The van der Waals surface area contributed by atoms with Crippen molar-refractivity contribution in [2.75, 3.05) is 0 Å². The van der Waals surface area contributed by atoms with Gasteiger partial charge in [-0.3, -0.25) is 0 Å². The fourth-order valence-corrected chi connectivity index (χ4v) is 5.86. The molecule has 1 heterocycles. The molecule has 4 aromatic carbocycles. The van der Waals surface area contributed by atoms with Crippen LogP contribution >= 0.6 is 11.3 Å². The summed E-state index contributed by atoms with van der Waals surface area (Å²) in [7, 11) is 0.469. The lowest BCUT2D eigenvalue weighted by Gasteiger charge is -2.37. The maximum atomic E-state index is 10.4. The quantitative estimate of drug-likeness (QED) is 0.324. The average molecular weight is 436 g/mol. The minimum absolute atomic E-state index is 0.469. The molecular weight excluding hydrogens is 411 g/mol. The summed E-state index contributed by atoms with van der Waals surface area (Å²) in [6, 6.07) is 24.4. The zero-order chi connectivity index (χ0) is 22.3. The molecule has 1 aliphatic carbocycles. The number of aliphatic hydroxyl groups is 1. The fourth-order valence-electron chi connectivity index (χ4n) is 4.72. The SMILES string of the molecule is CC(C)(O)C(C)(C)OBc1ccc2sc3cc4c5c(cccc5c3c2c1)-c1ccccc1-4. The van der Waals surface area contributed by atoms with Gasteiger partial charge in [0.1, 0.15) is 0 Å². The highest BCUT2D eigenvalue weighted by Gasteiger charge is 2.35. The third kappa shape index (κ3) is 2.80. The lowest BCUT2D eigenvalue weighted by atomic mass is 9.82. The molecule has 1 N–H and O–H groups in total. The molecule has 1 aromatic heterocycles. The Morgan fingerprint density at radius 1 is 0.719 bits per heavy atom. The number of hydrogen-bond donors (Lipinski definition) is 1. The Morgan fingerprint density at radius 3 is 2.19 bits per heavy atom. The second kappa shape index (κ2) is 6.68. The number of rotatable bonds is 4. The van der Waals surface area contributed by atoms with E-state index in [4.69, 9.17) is 4.65 Å². The van der Waals surface area contributed by atoms with Crippen molar-refractivity contribution < 1.29 is 9.76 Å². The Bertz CT molecular complexity index is 1540. The number of benzene rings is 4. The summed E-state index contributed by atoms with van der Waals surface area (Å²) >= 11 is 1.86. The predicted octanol–water partition coefficient (Wildman–Crippen LogP) is 6.40. The largest absolute Gasteiger partial charge is 0.427 e. The first-order valence-corrected chi connectivity index (χ1v) is 11.9. The van der Waals surface area contributed by atoms with Gasteiger partial charge in [0.25, 0.3) is 0 Å². The normalized spacial score (nSPS) is 13.3. The standard InChI is InChI=1S/C28H25BO2S/c1-27(2,30)28(3,4)31-29-16-12-13-23-22(14-16)26-20-11-7-10-19-17-8-5-6-9-18(17)21(25(19)20)15-24(26)32-23/h5-15,29-30H,1-4H3. The summed E-state index contributed by atoms with van der Waals surface area (Å²) in [6.45, 7) is 7.47. The van der Waals surface area contributed by atoms with Gasteiger partial charge < -0.3 is 9.76 Å². The third-order valence-corrected chi connectivity index (χ3v) is 8.36. The van der Waals surface area contributed by atoms with E-state index in [-0.39, 0.29) is 0 Å². The van der Waals surface area contributed by atoms with Crippen LogP contribution in [0, 0.1) is 0 Å². The van der Waals surface area contributed by atoms with Crippen molar-refractivity contribution in [3.63, 3.8) is 0 Å². The Balaban J connectivity index is 1.53. The van der Waals surface area contributed by atoms with Gasteiger partial charge in [0, 0.05) is 20.2 Å². The molecule has 0 radical (unpaired) electrons. The molecule has 6 rings (SSSR count). The van der Waals surface area contributed by atoms with Gasteiger partial charge in [0.15, 0.2) is 0 Å². The van der Waals surface area contributed by atoms with Crippen LogP contribution in [0.3, 0.4) is 0 Å². The lowest BCUT2D eigenvalue weighted by Crippen LogP contribution is -2.49. The van der Waals surface area contributed by atoms with Crippen molar-refractivity contribution in [2.24, 2.45) is 0 Å². The van der Waals surface area contributed by atoms with Gasteiger partial charge in [-0.25, -0.2) is 0 Å². The Morgan fingerprint density at radius 2 is 1.44 bits per heavy atom. The van der Waals surface area contributed by atoms with E-state index >= 15 is 0 Å². The van der Waals surface area contributed by atoms with Gasteiger partial charge in [0.05, 0.1) is 11.2 Å². The maximum Gasteiger partial charge on any atom is 0.309 e. The number of fused-ring (bicyclic) bond motifs is 7. The summed E-state index contributed by atoms with van der Waals surface area (Å²) in [5.74, 6) is 0. The zero-order valence-corrected chi connectivity index (χ0v) is 19.6. The molecule has 5 aromatic rings. The second-order valence-corrected chi connectivity index (χ2v) is 10.9. The van der Waals surface area contributed by atoms with Crippen LogP contribution in [0.2, 0.25) is 0 Å². The second-order valence-electron chi connectivity index (χ2n) is 9.86. The molecule has 2 nitrogen and oxygen atoms in total. The van der Waals surface area contributed by atoms with E-state index in [1.807, 2.05) is 25.2 Å². The van der Waals surface area contributed by atoms with Gasteiger partial charge >= 0.3 is 7.48 Å². The molecule has 4 heteroatoms. The summed E-state index contributed by atoms with van der Waals surface area (Å²) < 4.78 is 8.77. The maximum absolute atomic E-state index is 10.4. The predicted molar refractivity (Wildman–Crippen MR) is 140 cm³/mol. The molecule has 32 heavy (non-hydrogen) atoms. The first kappa shape index (κ1) is 20.0. The summed E-state index contributed by atoms with van der Waals surface area (Å²) in [4.78, 5) is 0. The molecule has 158 valence electrons. The zero-order valence-electron chi connectivity index (χ0n) is 18.8. The first-order valence-electron chi connectivity index (χ1n) is 11.1. The molecule has 0 atom stereocenters. The molecule has 0 fully saturated rings. The molecule has 0 saturated carbocycles. The van der Waals surface area contributed by atoms with E-state index in [1.165, 1.54) is 53.2 Å².